The molecule has 2 fully saturated rings. The predicted octanol–water partition coefficient (Wildman–Crippen LogP) is -5.40. The van der Waals surface area contributed by atoms with Crippen molar-refractivity contribution >= 4 is 0 Å². The average molecular weight is 342 g/mol. The molecule has 0 radical (unpaired) electrons. The summed E-state index contributed by atoms with van der Waals surface area (Å²) >= 11 is 0. The van der Waals surface area contributed by atoms with Crippen molar-refractivity contribution in [3.8, 4) is 0 Å². The van der Waals surface area contributed by atoms with Gasteiger partial charge in [-0.2, -0.15) is 0 Å². The summed E-state index contributed by atoms with van der Waals surface area (Å²) in [4.78, 5) is 0. The van der Waals surface area contributed by atoms with Gasteiger partial charge < -0.3 is 55.1 Å². The maximum absolute atomic E-state index is 9.94. The predicted molar refractivity (Wildman–Crippen MR) is 68.6 cm³/mol. The number of ether oxygens (including phenoxy) is 3. The van der Waals surface area contributed by atoms with E-state index in [1.807, 2.05) is 0 Å². The Morgan fingerprint density at radius 2 is 1.17 bits per heavy atom. The standard InChI is InChI=1S/C12H22O11/c13-1-3-6(16)8(18)10(11(20)21-3)23-12-9(19)7(17)5(15)4(2-14)22-12/h3-20H,1-2H2/t3?,4?,5-,6-,7?,8+,9+,10?,11?,12+/m1/s1. The highest BCUT2D eigenvalue weighted by atomic mass is 16.7. The van der Waals surface area contributed by atoms with Gasteiger partial charge in [0.05, 0.1) is 13.2 Å². The third-order valence-corrected chi connectivity index (χ3v) is 3.98. The molecule has 8 N–H and O–H groups in total. The zero-order valence-electron chi connectivity index (χ0n) is 12.0. The highest BCUT2D eigenvalue weighted by Crippen LogP contribution is 2.28. The fourth-order valence-electron chi connectivity index (χ4n) is 2.55. The molecule has 0 aromatic rings. The molecule has 0 saturated carbocycles. The van der Waals surface area contributed by atoms with E-state index in [0.717, 1.165) is 0 Å². The van der Waals surface area contributed by atoms with Crippen LogP contribution in [0.15, 0.2) is 0 Å². The molecule has 136 valence electrons. The van der Waals surface area contributed by atoms with Crippen molar-refractivity contribution in [1.29, 1.82) is 0 Å². The average Bonchev–Trinajstić information content (AvgIpc) is 2.54. The molecule has 11 nitrogen and oxygen atoms in total. The lowest BCUT2D eigenvalue weighted by molar-refractivity contribution is -0.361. The second-order valence-electron chi connectivity index (χ2n) is 5.53. The third kappa shape index (κ3) is 3.65. The first-order valence-electron chi connectivity index (χ1n) is 7.08. The first kappa shape index (κ1) is 18.9. The summed E-state index contributed by atoms with van der Waals surface area (Å²) in [6, 6.07) is 0. The van der Waals surface area contributed by atoms with E-state index in [4.69, 9.17) is 24.4 Å². The Labute approximate surface area is 130 Å². The Morgan fingerprint density at radius 3 is 1.74 bits per heavy atom. The first-order valence-corrected chi connectivity index (χ1v) is 7.08. The van der Waals surface area contributed by atoms with E-state index in [-0.39, 0.29) is 0 Å². The van der Waals surface area contributed by atoms with Gasteiger partial charge in [0.25, 0.3) is 0 Å². The minimum Gasteiger partial charge on any atom is -0.394 e. The van der Waals surface area contributed by atoms with Gasteiger partial charge >= 0.3 is 0 Å². The minimum atomic E-state index is -1.75. The quantitative estimate of drug-likeness (QED) is 0.243. The molecule has 0 aromatic carbocycles. The normalized spacial score (nSPS) is 51.7. The van der Waals surface area contributed by atoms with Crippen molar-refractivity contribution in [2.45, 2.75) is 61.4 Å². The summed E-state index contributed by atoms with van der Waals surface area (Å²) in [6.45, 7) is -1.33. The molecule has 5 unspecified atom stereocenters. The summed E-state index contributed by atoms with van der Waals surface area (Å²) in [5, 5.41) is 76.7. The summed E-state index contributed by atoms with van der Waals surface area (Å²) in [6.07, 6.45) is -15.6. The van der Waals surface area contributed by atoms with Crippen molar-refractivity contribution in [2.24, 2.45) is 0 Å². The van der Waals surface area contributed by atoms with E-state index in [1.165, 1.54) is 0 Å². The van der Waals surface area contributed by atoms with Crippen LogP contribution in [0.1, 0.15) is 0 Å². The molecule has 0 bridgehead atoms. The Kier molecular flexibility index (Phi) is 6.27. The summed E-state index contributed by atoms with van der Waals surface area (Å²) < 4.78 is 15.1. The number of hydrogen-bond acceptors (Lipinski definition) is 11. The first-order chi connectivity index (χ1) is 10.8. The van der Waals surface area contributed by atoms with Crippen LogP contribution in [0.25, 0.3) is 0 Å². The number of hydrogen-bond donors (Lipinski definition) is 8. The number of aliphatic hydroxyl groups is 8. The Bertz CT molecular complexity index is 380. The molecule has 0 amide bonds. The van der Waals surface area contributed by atoms with E-state index < -0.39 is 74.6 Å². The molecular weight excluding hydrogens is 320 g/mol. The lowest BCUT2D eigenvalue weighted by Crippen LogP contribution is -2.64. The van der Waals surface area contributed by atoms with Crippen molar-refractivity contribution in [3.05, 3.63) is 0 Å². The van der Waals surface area contributed by atoms with Gasteiger partial charge in [0, 0.05) is 0 Å². The van der Waals surface area contributed by atoms with Gasteiger partial charge in [-0.05, 0) is 0 Å². The maximum atomic E-state index is 9.94. The summed E-state index contributed by atoms with van der Waals surface area (Å²) in [7, 11) is 0. The van der Waals surface area contributed by atoms with Crippen LogP contribution in [0.2, 0.25) is 0 Å². The topological polar surface area (TPSA) is 190 Å². The van der Waals surface area contributed by atoms with Crippen molar-refractivity contribution in [2.75, 3.05) is 13.2 Å². The molecule has 2 rings (SSSR count). The van der Waals surface area contributed by atoms with Crippen LogP contribution < -0.4 is 0 Å². The van der Waals surface area contributed by atoms with Crippen LogP contribution in [-0.2, 0) is 14.2 Å². The second kappa shape index (κ2) is 7.63. The highest BCUT2D eigenvalue weighted by molar-refractivity contribution is 4.93. The molecule has 2 aliphatic heterocycles. The maximum Gasteiger partial charge on any atom is 0.187 e. The Hall–Kier alpha value is -0.440. The lowest BCUT2D eigenvalue weighted by atomic mass is 9.97. The van der Waals surface area contributed by atoms with E-state index in [0.29, 0.717) is 0 Å². The van der Waals surface area contributed by atoms with Gasteiger partial charge in [0.15, 0.2) is 12.6 Å². The fraction of sp³-hybridized carbons (Fsp3) is 1.00. The number of aliphatic hydroxyl groups excluding tert-OH is 8. The molecule has 11 heteroatoms. The molecule has 10 atom stereocenters. The van der Waals surface area contributed by atoms with Gasteiger partial charge in [0.2, 0.25) is 0 Å². The van der Waals surface area contributed by atoms with Gasteiger partial charge in [-0.15, -0.1) is 0 Å². The molecule has 23 heavy (non-hydrogen) atoms. The zero-order valence-corrected chi connectivity index (χ0v) is 12.0. The molecule has 0 aliphatic carbocycles. The zero-order chi connectivity index (χ0) is 17.3. The van der Waals surface area contributed by atoms with Gasteiger partial charge in [-0.1, -0.05) is 0 Å². The van der Waals surface area contributed by atoms with Crippen LogP contribution in [0.5, 0.6) is 0 Å². The highest BCUT2D eigenvalue weighted by Gasteiger charge is 2.50. The molecule has 2 heterocycles. The molecular formula is C12H22O11. The van der Waals surface area contributed by atoms with Crippen molar-refractivity contribution in [1.82, 2.24) is 0 Å². The fourth-order valence-corrected chi connectivity index (χ4v) is 2.55. The largest absolute Gasteiger partial charge is 0.394 e. The van der Waals surface area contributed by atoms with E-state index in [2.05, 4.69) is 0 Å². The minimum absolute atomic E-state index is 0.651. The van der Waals surface area contributed by atoms with Crippen LogP contribution in [0.3, 0.4) is 0 Å². The molecule has 2 saturated heterocycles. The SMILES string of the molecule is OCC1O[C@@H](OC2C(O)OC(CO)[C@@H](O)[C@@H]2O)[C@@H](O)C(O)[C@@H]1O. The molecule has 2 aliphatic rings. The Morgan fingerprint density at radius 1 is 0.652 bits per heavy atom. The van der Waals surface area contributed by atoms with Crippen LogP contribution in [0, 0.1) is 0 Å². The summed E-state index contributed by atoms with van der Waals surface area (Å²) in [5.74, 6) is 0. The Balaban J connectivity index is 2.08. The lowest BCUT2D eigenvalue weighted by Gasteiger charge is -2.44. The molecule has 0 aromatic heterocycles. The van der Waals surface area contributed by atoms with Crippen molar-refractivity contribution in [3.63, 3.8) is 0 Å². The number of rotatable bonds is 4. The molecule has 0 spiro atoms. The van der Waals surface area contributed by atoms with E-state index in [1.54, 1.807) is 0 Å². The van der Waals surface area contributed by atoms with Crippen molar-refractivity contribution < 1.29 is 55.1 Å². The van der Waals surface area contributed by atoms with Crippen LogP contribution >= 0.6 is 0 Å². The van der Waals surface area contributed by atoms with Crippen LogP contribution in [0.4, 0.5) is 0 Å². The second-order valence-corrected chi connectivity index (χ2v) is 5.53. The monoisotopic (exact) mass is 342 g/mol. The van der Waals surface area contributed by atoms with Gasteiger partial charge in [-0.3, -0.25) is 0 Å². The van der Waals surface area contributed by atoms with Gasteiger partial charge in [-0.25, -0.2) is 0 Å². The smallest absolute Gasteiger partial charge is 0.187 e. The van der Waals surface area contributed by atoms with Crippen LogP contribution in [-0.4, -0.2) is 115 Å². The van der Waals surface area contributed by atoms with E-state index in [9.17, 15) is 30.6 Å². The summed E-state index contributed by atoms with van der Waals surface area (Å²) in [5.41, 5.74) is 0. The third-order valence-electron chi connectivity index (χ3n) is 3.98. The van der Waals surface area contributed by atoms with Gasteiger partial charge in [0.1, 0.15) is 48.8 Å². The van der Waals surface area contributed by atoms with E-state index >= 15 is 0 Å².